The minimum absolute atomic E-state index is 0.100. The maximum Gasteiger partial charge on any atom is 0.329 e. The Labute approximate surface area is 112 Å². The molecule has 18 heavy (non-hydrogen) atoms. The topological polar surface area (TPSA) is 41.1 Å². The first-order valence-corrected chi connectivity index (χ1v) is 7.78. The number of rotatable bonds is 2. The Morgan fingerprint density at radius 3 is 2.28 bits per heavy atom. The second kappa shape index (κ2) is 4.84. The quantitative estimate of drug-likeness (QED) is 0.804. The molecule has 0 aromatic heterocycles. The molecule has 2 N–H and O–H groups in total. The van der Waals surface area contributed by atoms with Gasteiger partial charge in [0, 0.05) is 11.9 Å². The van der Waals surface area contributed by atoms with Crippen LogP contribution >= 0.6 is 11.9 Å². The molecule has 4 heteroatoms. The Bertz CT molecular complexity index is 467. The van der Waals surface area contributed by atoms with Gasteiger partial charge in [-0.3, -0.25) is 4.72 Å². The smallest absolute Gasteiger partial charge is 0.307 e. The highest BCUT2D eigenvalue weighted by Crippen LogP contribution is 2.38. The summed E-state index contributed by atoms with van der Waals surface area (Å²) in [5.74, 6) is 0. The summed E-state index contributed by atoms with van der Waals surface area (Å²) < 4.78 is 2.74. The van der Waals surface area contributed by atoms with Gasteiger partial charge in [-0.15, -0.1) is 0 Å². The summed E-state index contributed by atoms with van der Waals surface area (Å²) in [4.78, 5) is 11.8. The van der Waals surface area contributed by atoms with Crippen molar-refractivity contribution in [1.82, 2.24) is 4.72 Å². The third kappa shape index (κ3) is 1.99. The number of anilines is 1. The number of hydrogen-bond donors (Lipinski definition) is 2. The predicted molar refractivity (Wildman–Crippen MR) is 76.2 cm³/mol. The zero-order valence-corrected chi connectivity index (χ0v) is 11.5. The lowest BCUT2D eigenvalue weighted by molar-refractivity contribution is 0.257. The molecule has 3 rings (SSSR count). The number of carbonyl (C=O) groups is 1. The largest absolute Gasteiger partial charge is 0.329 e. The fraction of sp³-hybridized carbons (Fsp3) is 0.500. The van der Waals surface area contributed by atoms with Gasteiger partial charge in [0.2, 0.25) is 0 Å². The molecular weight excluding hydrogens is 244 g/mol. The second-order valence-electron chi connectivity index (χ2n) is 4.99. The molecule has 0 heterocycles. The van der Waals surface area contributed by atoms with Gasteiger partial charge in [-0.05, 0) is 60.8 Å². The highest BCUT2D eigenvalue weighted by molar-refractivity contribution is 7.97. The summed E-state index contributed by atoms with van der Waals surface area (Å²) in [6, 6.07) is 2.28. The van der Waals surface area contributed by atoms with Crippen LogP contribution in [0, 0.1) is 0 Å². The van der Waals surface area contributed by atoms with Crippen molar-refractivity contribution in [2.45, 2.75) is 38.5 Å². The summed E-state index contributed by atoms with van der Waals surface area (Å²) in [7, 11) is 0. The maximum absolute atomic E-state index is 11.8. The predicted octanol–water partition coefficient (Wildman–Crippen LogP) is 3.06. The van der Waals surface area contributed by atoms with Crippen LogP contribution in [0.5, 0.6) is 0 Å². The average Bonchev–Trinajstić information content (AvgIpc) is 2.96. The number of carbonyl (C=O) groups excluding carboxylic acids is 1. The van der Waals surface area contributed by atoms with Crippen molar-refractivity contribution < 1.29 is 4.79 Å². The van der Waals surface area contributed by atoms with Crippen LogP contribution in [-0.2, 0) is 25.7 Å². The molecular formula is C14H18N2OS. The average molecular weight is 262 g/mol. The standard InChI is InChI=1S/C14H18N2OS/c1-18-16-14(17)15-13-11-6-2-4-9(11)8-10-5-3-7-12(10)13/h8H,2-7H2,1H3,(H2,15,16,17). The molecule has 0 atom stereocenters. The minimum atomic E-state index is -0.100. The van der Waals surface area contributed by atoms with E-state index >= 15 is 0 Å². The molecule has 0 bridgehead atoms. The monoisotopic (exact) mass is 262 g/mol. The van der Waals surface area contributed by atoms with E-state index in [4.69, 9.17) is 0 Å². The number of amides is 2. The Morgan fingerprint density at radius 2 is 1.72 bits per heavy atom. The molecule has 0 radical (unpaired) electrons. The maximum atomic E-state index is 11.8. The van der Waals surface area contributed by atoms with Crippen LogP contribution in [0.1, 0.15) is 35.1 Å². The van der Waals surface area contributed by atoms with Gasteiger partial charge in [0.1, 0.15) is 0 Å². The van der Waals surface area contributed by atoms with Crippen LogP contribution in [0.4, 0.5) is 10.5 Å². The molecule has 2 amide bonds. The highest BCUT2D eigenvalue weighted by Gasteiger charge is 2.24. The molecule has 2 aliphatic carbocycles. The molecule has 0 fully saturated rings. The zero-order chi connectivity index (χ0) is 12.5. The van der Waals surface area contributed by atoms with Crippen LogP contribution in [0.2, 0.25) is 0 Å². The Hall–Kier alpha value is -1.16. The lowest BCUT2D eigenvalue weighted by Crippen LogP contribution is -2.24. The van der Waals surface area contributed by atoms with Gasteiger partial charge in [0.05, 0.1) is 0 Å². The number of hydrogen-bond acceptors (Lipinski definition) is 2. The van der Waals surface area contributed by atoms with Crippen molar-refractivity contribution in [2.75, 3.05) is 11.6 Å². The normalized spacial score (nSPS) is 16.3. The lowest BCUT2D eigenvalue weighted by atomic mass is 9.99. The first kappa shape index (κ1) is 11.9. The van der Waals surface area contributed by atoms with Gasteiger partial charge in [-0.2, -0.15) is 0 Å². The summed E-state index contributed by atoms with van der Waals surface area (Å²) in [6.07, 6.45) is 8.85. The van der Waals surface area contributed by atoms with Crippen LogP contribution in [0.25, 0.3) is 0 Å². The molecule has 0 aliphatic heterocycles. The first-order valence-electron chi connectivity index (χ1n) is 6.56. The molecule has 1 aromatic rings. The van der Waals surface area contributed by atoms with E-state index in [9.17, 15) is 4.79 Å². The molecule has 0 unspecified atom stereocenters. The first-order chi connectivity index (χ1) is 8.79. The van der Waals surface area contributed by atoms with E-state index in [0.717, 1.165) is 18.5 Å². The van der Waals surface area contributed by atoms with Crippen LogP contribution in [0.15, 0.2) is 6.07 Å². The van der Waals surface area contributed by atoms with E-state index < -0.39 is 0 Å². The van der Waals surface area contributed by atoms with Gasteiger partial charge >= 0.3 is 6.03 Å². The van der Waals surface area contributed by atoms with Crippen molar-refractivity contribution in [3.8, 4) is 0 Å². The molecule has 96 valence electrons. The van der Waals surface area contributed by atoms with Gasteiger partial charge < -0.3 is 5.32 Å². The fourth-order valence-corrected chi connectivity index (χ4v) is 3.44. The summed E-state index contributed by atoms with van der Waals surface area (Å²) in [6.45, 7) is 0. The number of urea groups is 1. The minimum Gasteiger partial charge on any atom is -0.307 e. The Morgan fingerprint density at radius 1 is 1.11 bits per heavy atom. The molecule has 2 aliphatic rings. The van der Waals surface area contributed by atoms with E-state index in [0.29, 0.717) is 0 Å². The summed E-state index contributed by atoms with van der Waals surface area (Å²) >= 11 is 1.33. The summed E-state index contributed by atoms with van der Waals surface area (Å²) in [5.41, 5.74) is 6.79. The van der Waals surface area contributed by atoms with Crippen LogP contribution < -0.4 is 10.0 Å². The molecule has 1 aromatic carbocycles. The fourth-order valence-electron chi connectivity index (χ4n) is 3.20. The SMILES string of the molecule is CSNC(=O)Nc1c2c(cc3c1CCC3)CCC2. The third-order valence-electron chi connectivity index (χ3n) is 3.91. The number of nitrogens with one attached hydrogen (secondary N) is 2. The lowest BCUT2D eigenvalue weighted by Gasteiger charge is -2.15. The molecule has 0 spiro atoms. The Balaban J connectivity index is 1.99. The van der Waals surface area contributed by atoms with E-state index in [-0.39, 0.29) is 6.03 Å². The number of aryl methyl sites for hydroxylation is 2. The summed E-state index contributed by atoms with van der Waals surface area (Å²) in [5, 5.41) is 3.07. The second-order valence-corrected chi connectivity index (χ2v) is 5.61. The number of benzene rings is 1. The van der Waals surface area contributed by atoms with E-state index in [2.05, 4.69) is 16.1 Å². The highest BCUT2D eigenvalue weighted by atomic mass is 32.2. The molecule has 3 nitrogen and oxygen atoms in total. The van der Waals surface area contributed by atoms with Gasteiger partial charge in [0.15, 0.2) is 0 Å². The Kier molecular flexibility index (Phi) is 3.20. The van der Waals surface area contributed by atoms with E-state index in [1.807, 2.05) is 6.26 Å². The van der Waals surface area contributed by atoms with Crippen molar-refractivity contribution in [1.29, 1.82) is 0 Å². The molecule has 0 saturated heterocycles. The number of fused-ring (bicyclic) bond motifs is 2. The van der Waals surface area contributed by atoms with Gasteiger partial charge in [0.25, 0.3) is 0 Å². The third-order valence-corrected chi connectivity index (χ3v) is 4.30. The van der Waals surface area contributed by atoms with Crippen molar-refractivity contribution in [3.05, 3.63) is 28.3 Å². The van der Waals surface area contributed by atoms with Crippen molar-refractivity contribution in [3.63, 3.8) is 0 Å². The van der Waals surface area contributed by atoms with Gasteiger partial charge in [-0.25, -0.2) is 4.79 Å². The van der Waals surface area contributed by atoms with E-state index in [1.165, 1.54) is 59.9 Å². The zero-order valence-electron chi connectivity index (χ0n) is 10.6. The van der Waals surface area contributed by atoms with Crippen molar-refractivity contribution in [2.24, 2.45) is 0 Å². The molecule has 0 saturated carbocycles. The van der Waals surface area contributed by atoms with Gasteiger partial charge in [-0.1, -0.05) is 18.0 Å². The van der Waals surface area contributed by atoms with Crippen LogP contribution in [0.3, 0.4) is 0 Å². The van der Waals surface area contributed by atoms with E-state index in [1.54, 1.807) is 0 Å². The van der Waals surface area contributed by atoms with Crippen LogP contribution in [-0.4, -0.2) is 12.3 Å². The van der Waals surface area contributed by atoms with Crippen molar-refractivity contribution >= 4 is 23.7 Å².